The highest BCUT2D eigenvalue weighted by Gasteiger charge is 2.14. The molecule has 0 fully saturated rings. The zero-order valence-electron chi connectivity index (χ0n) is 17.6. The fourth-order valence-electron chi connectivity index (χ4n) is 3.48. The van der Waals surface area contributed by atoms with Crippen LogP contribution in [0, 0.1) is 0 Å². The van der Waals surface area contributed by atoms with Gasteiger partial charge in [0.2, 0.25) is 0 Å². The van der Waals surface area contributed by atoms with Crippen LogP contribution in [0.4, 0.5) is 0 Å². The molecule has 5 nitrogen and oxygen atoms in total. The van der Waals surface area contributed by atoms with Gasteiger partial charge in [0.25, 0.3) is 0 Å². The Morgan fingerprint density at radius 3 is 2.58 bits per heavy atom. The van der Waals surface area contributed by atoms with Crippen molar-refractivity contribution in [1.82, 2.24) is 14.6 Å². The Hall–Kier alpha value is -3.32. The third-order valence-corrected chi connectivity index (χ3v) is 6.60. The van der Waals surface area contributed by atoms with E-state index in [-0.39, 0.29) is 6.61 Å². The lowest BCUT2D eigenvalue weighted by Crippen LogP contribution is -1.96. The first-order valence-corrected chi connectivity index (χ1v) is 11.6. The number of aromatic nitrogens is 3. The molecule has 33 heavy (non-hydrogen) atoms. The molecule has 0 saturated heterocycles. The number of benzene rings is 3. The number of hydrogen-bond donors (Lipinski definition) is 1. The number of aliphatic hydroxyl groups excluding tert-OH is 1. The summed E-state index contributed by atoms with van der Waals surface area (Å²) in [5.41, 5.74) is 3.44. The maximum Gasteiger partial charge on any atom is 0.170 e. The summed E-state index contributed by atoms with van der Waals surface area (Å²) < 4.78 is 7.90. The van der Waals surface area contributed by atoms with E-state index in [1.54, 1.807) is 11.8 Å². The first-order valence-electron chi connectivity index (χ1n) is 10.4. The van der Waals surface area contributed by atoms with Crippen LogP contribution in [0.2, 0.25) is 5.02 Å². The summed E-state index contributed by atoms with van der Waals surface area (Å²) in [6, 6.07) is 27.3. The van der Waals surface area contributed by atoms with Gasteiger partial charge >= 0.3 is 0 Å². The maximum atomic E-state index is 9.64. The van der Waals surface area contributed by atoms with E-state index in [2.05, 4.69) is 10.2 Å². The fraction of sp³-hybridized carbons (Fsp3) is 0.0769. The number of aliphatic hydroxyl groups is 1. The molecule has 7 heteroatoms. The van der Waals surface area contributed by atoms with Gasteiger partial charge in [-0.1, -0.05) is 71.9 Å². The van der Waals surface area contributed by atoms with Crippen LogP contribution < -0.4 is 4.74 Å². The van der Waals surface area contributed by atoms with E-state index in [9.17, 15) is 5.11 Å². The summed E-state index contributed by atoms with van der Waals surface area (Å²) in [5.74, 6) is 1.34. The molecule has 2 heterocycles. The molecule has 0 radical (unpaired) electrons. The SMILES string of the molecule is OCc1ccccc1Sc1ccc2nnc(-c3cc(OCc4ccccc4)ccc3Cl)n2c1. The largest absolute Gasteiger partial charge is 0.489 e. The Morgan fingerprint density at radius 2 is 1.73 bits per heavy atom. The molecule has 5 rings (SSSR count). The standard InChI is InChI=1S/C26H20ClN3O2S/c27-23-12-10-20(32-17-18-6-2-1-3-7-18)14-22(23)26-29-28-25-13-11-21(15-30(25)26)33-24-9-5-4-8-19(24)16-31/h1-15,31H,16-17H2. The van der Waals surface area contributed by atoms with E-state index >= 15 is 0 Å². The third-order valence-electron chi connectivity index (χ3n) is 5.17. The lowest BCUT2D eigenvalue weighted by molar-refractivity contribution is 0.279. The van der Waals surface area contributed by atoms with E-state index in [4.69, 9.17) is 16.3 Å². The summed E-state index contributed by atoms with van der Waals surface area (Å²) >= 11 is 8.12. The van der Waals surface area contributed by atoms with Crippen molar-refractivity contribution in [3.05, 3.63) is 107 Å². The van der Waals surface area contributed by atoms with Gasteiger partial charge in [-0.2, -0.15) is 0 Å². The second kappa shape index (κ2) is 9.67. The summed E-state index contributed by atoms with van der Waals surface area (Å²) in [7, 11) is 0. The molecule has 2 aromatic heterocycles. The van der Waals surface area contributed by atoms with Crippen molar-refractivity contribution >= 4 is 29.0 Å². The van der Waals surface area contributed by atoms with Gasteiger partial charge in [-0.15, -0.1) is 10.2 Å². The number of halogens is 1. The third kappa shape index (κ3) is 4.73. The van der Waals surface area contributed by atoms with Crippen LogP contribution in [0.3, 0.4) is 0 Å². The average Bonchev–Trinajstić information content (AvgIpc) is 3.27. The second-order valence-electron chi connectivity index (χ2n) is 7.40. The molecule has 0 bridgehead atoms. The first kappa shape index (κ1) is 21.5. The molecule has 0 aliphatic carbocycles. The normalized spacial score (nSPS) is 11.1. The van der Waals surface area contributed by atoms with Crippen molar-refractivity contribution in [2.75, 3.05) is 0 Å². The van der Waals surface area contributed by atoms with Gasteiger partial charge in [0.05, 0.1) is 11.6 Å². The number of fused-ring (bicyclic) bond motifs is 1. The Bertz CT molecular complexity index is 1410. The molecule has 164 valence electrons. The van der Waals surface area contributed by atoms with Gasteiger partial charge in [-0.3, -0.25) is 4.40 Å². The van der Waals surface area contributed by atoms with E-state index in [0.29, 0.717) is 23.2 Å². The van der Waals surface area contributed by atoms with Gasteiger partial charge < -0.3 is 9.84 Å². The minimum Gasteiger partial charge on any atom is -0.489 e. The molecule has 0 unspecified atom stereocenters. The van der Waals surface area contributed by atoms with Crippen LogP contribution >= 0.6 is 23.4 Å². The van der Waals surface area contributed by atoms with Crippen molar-refractivity contribution in [2.24, 2.45) is 0 Å². The zero-order chi connectivity index (χ0) is 22.6. The molecule has 1 N–H and O–H groups in total. The molecule has 0 aliphatic rings. The van der Waals surface area contributed by atoms with Crippen molar-refractivity contribution in [2.45, 2.75) is 23.0 Å². The molecular weight excluding hydrogens is 454 g/mol. The van der Waals surface area contributed by atoms with Crippen LogP contribution in [-0.4, -0.2) is 19.7 Å². The van der Waals surface area contributed by atoms with E-state index in [1.165, 1.54) is 0 Å². The number of rotatable bonds is 7. The predicted molar refractivity (Wildman–Crippen MR) is 131 cm³/mol. The fourth-order valence-corrected chi connectivity index (χ4v) is 4.64. The average molecular weight is 474 g/mol. The maximum absolute atomic E-state index is 9.64. The molecule has 0 saturated carbocycles. The Balaban J connectivity index is 1.46. The van der Waals surface area contributed by atoms with Crippen LogP contribution in [0.15, 0.2) is 101 Å². The van der Waals surface area contributed by atoms with Crippen molar-refractivity contribution in [3.63, 3.8) is 0 Å². The predicted octanol–water partition coefficient (Wildman–Crippen LogP) is 6.27. The molecule has 0 aliphatic heterocycles. The Kier molecular flexibility index (Phi) is 6.30. The number of hydrogen-bond acceptors (Lipinski definition) is 5. The molecule has 0 atom stereocenters. The van der Waals surface area contributed by atoms with Crippen LogP contribution in [0.25, 0.3) is 17.0 Å². The smallest absolute Gasteiger partial charge is 0.170 e. The van der Waals surface area contributed by atoms with Gasteiger partial charge in [-0.25, -0.2) is 0 Å². The summed E-state index contributed by atoms with van der Waals surface area (Å²) in [4.78, 5) is 2.00. The van der Waals surface area contributed by atoms with Crippen LogP contribution in [0.1, 0.15) is 11.1 Å². The van der Waals surface area contributed by atoms with Gasteiger partial charge in [-0.05, 0) is 47.5 Å². The molecular formula is C26H20ClN3O2S. The highest BCUT2D eigenvalue weighted by molar-refractivity contribution is 7.99. The van der Waals surface area contributed by atoms with Crippen LogP contribution in [-0.2, 0) is 13.2 Å². The van der Waals surface area contributed by atoms with Gasteiger partial charge in [0, 0.05) is 21.6 Å². The van der Waals surface area contributed by atoms with Crippen molar-refractivity contribution in [3.8, 4) is 17.1 Å². The Labute approximate surface area is 200 Å². The highest BCUT2D eigenvalue weighted by Crippen LogP contribution is 2.34. The van der Waals surface area contributed by atoms with Crippen LogP contribution in [0.5, 0.6) is 5.75 Å². The summed E-state index contributed by atoms with van der Waals surface area (Å²) in [6.45, 7) is 0.461. The summed E-state index contributed by atoms with van der Waals surface area (Å²) in [5, 5.41) is 18.9. The number of ether oxygens (including phenoxy) is 1. The lowest BCUT2D eigenvalue weighted by atomic mass is 10.2. The first-order chi connectivity index (χ1) is 16.2. The van der Waals surface area contributed by atoms with Crippen molar-refractivity contribution < 1.29 is 9.84 Å². The number of nitrogens with zero attached hydrogens (tertiary/aromatic N) is 3. The molecule has 0 amide bonds. The van der Waals surface area contributed by atoms with E-state index in [1.807, 2.05) is 95.5 Å². The summed E-state index contributed by atoms with van der Waals surface area (Å²) in [6.07, 6.45) is 1.98. The second-order valence-corrected chi connectivity index (χ2v) is 8.92. The molecule has 0 spiro atoms. The molecule has 5 aromatic rings. The Morgan fingerprint density at radius 1 is 0.909 bits per heavy atom. The van der Waals surface area contributed by atoms with Gasteiger partial charge in [0.15, 0.2) is 11.5 Å². The topological polar surface area (TPSA) is 59.7 Å². The quantitative estimate of drug-likeness (QED) is 0.302. The highest BCUT2D eigenvalue weighted by atomic mass is 35.5. The molecule has 3 aromatic carbocycles. The van der Waals surface area contributed by atoms with E-state index in [0.717, 1.165) is 32.1 Å². The lowest BCUT2D eigenvalue weighted by Gasteiger charge is -2.10. The minimum absolute atomic E-state index is 0.00528. The monoisotopic (exact) mass is 473 g/mol. The van der Waals surface area contributed by atoms with Gasteiger partial charge in [0.1, 0.15) is 12.4 Å². The van der Waals surface area contributed by atoms with Crippen molar-refractivity contribution in [1.29, 1.82) is 0 Å². The minimum atomic E-state index is -0.00528. The van der Waals surface area contributed by atoms with E-state index < -0.39 is 0 Å². The zero-order valence-corrected chi connectivity index (χ0v) is 19.1. The number of pyridine rings is 1.